The molecule has 172 valence electrons. The number of amides is 1. The van der Waals surface area contributed by atoms with E-state index in [-0.39, 0.29) is 12.5 Å². The number of methoxy groups -OCH3 is 1. The molecule has 2 aromatic carbocycles. The lowest BCUT2D eigenvalue weighted by Crippen LogP contribution is -2.47. The summed E-state index contributed by atoms with van der Waals surface area (Å²) in [5, 5.41) is 3.29. The largest absolute Gasteiger partial charge is 0.489 e. The summed E-state index contributed by atoms with van der Waals surface area (Å²) in [5.41, 5.74) is 2.92. The van der Waals surface area contributed by atoms with Crippen LogP contribution in [-0.2, 0) is 29.4 Å². The van der Waals surface area contributed by atoms with Gasteiger partial charge in [0, 0.05) is 33.5 Å². The standard InChI is InChI=1S/C25H28N4O4/c1-28-20(23(25(31)32-3)27-22(28)15-17-9-5-4-6-10-17)13-14-26-18-16-33-21-12-8-7-11-19(21)29(2)24(18)30/h4-12,18,26H,13-16H2,1-3H3/t18-/m0/s1. The topological polar surface area (TPSA) is 85.7 Å². The molecule has 3 aromatic rings. The van der Waals surface area contributed by atoms with Crippen LogP contribution in [0.15, 0.2) is 54.6 Å². The molecule has 1 aromatic heterocycles. The number of ether oxygens (including phenoxy) is 2. The molecule has 8 heteroatoms. The van der Waals surface area contributed by atoms with E-state index in [1.807, 2.05) is 66.2 Å². The van der Waals surface area contributed by atoms with Gasteiger partial charge in [-0.1, -0.05) is 42.5 Å². The lowest BCUT2D eigenvalue weighted by Gasteiger charge is -2.20. The summed E-state index contributed by atoms with van der Waals surface area (Å²) < 4.78 is 12.8. The molecule has 33 heavy (non-hydrogen) atoms. The summed E-state index contributed by atoms with van der Waals surface area (Å²) in [5.74, 6) is 0.926. The maximum atomic E-state index is 12.9. The molecule has 0 spiro atoms. The maximum absolute atomic E-state index is 12.9. The zero-order chi connectivity index (χ0) is 23.4. The Morgan fingerprint density at radius 1 is 1.15 bits per heavy atom. The second kappa shape index (κ2) is 9.87. The quantitative estimate of drug-likeness (QED) is 0.559. The molecule has 0 unspecified atom stereocenters. The smallest absolute Gasteiger partial charge is 0.358 e. The van der Waals surface area contributed by atoms with E-state index >= 15 is 0 Å². The van der Waals surface area contributed by atoms with Gasteiger partial charge < -0.3 is 24.3 Å². The predicted molar refractivity (Wildman–Crippen MR) is 125 cm³/mol. The van der Waals surface area contributed by atoms with E-state index in [9.17, 15) is 9.59 Å². The number of esters is 1. The van der Waals surface area contributed by atoms with E-state index in [0.717, 1.165) is 22.8 Å². The minimum Gasteiger partial charge on any atom is -0.489 e. The lowest BCUT2D eigenvalue weighted by molar-refractivity contribution is -0.120. The fourth-order valence-corrected chi connectivity index (χ4v) is 4.03. The minimum atomic E-state index is -0.499. The van der Waals surface area contributed by atoms with Gasteiger partial charge in [0.2, 0.25) is 5.91 Å². The van der Waals surface area contributed by atoms with E-state index in [4.69, 9.17) is 9.47 Å². The number of imidazole rings is 1. The van der Waals surface area contributed by atoms with Crippen LogP contribution in [0.5, 0.6) is 5.75 Å². The van der Waals surface area contributed by atoms with Gasteiger partial charge in [0.05, 0.1) is 18.5 Å². The number of rotatable bonds is 7. The first-order valence-electron chi connectivity index (χ1n) is 10.9. The fraction of sp³-hybridized carbons (Fsp3) is 0.320. The van der Waals surface area contributed by atoms with Gasteiger partial charge in [-0.15, -0.1) is 0 Å². The number of hydrogen-bond acceptors (Lipinski definition) is 6. The third-order valence-corrected chi connectivity index (χ3v) is 5.90. The predicted octanol–water partition coefficient (Wildman–Crippen LogP) is 2.35. The third kappa shape index (κ3) is 4.75. The van der Waals surface area contributed by atoms with Gasteiger partial charge in [0.15, 0.2) is 5.69 Å². The number of hydrogen-bond donors (Lipinski definition) is 1. The van der Waals surface area contributed by atoms with Crippen LogP contribution in [0.4, 0.5) is 5.69 Å². The molecule has 1 atom stereocenters. The molecule has 1 amide bonds. The zero-order valence-electron chi connectivity index (χ0n) is 19.1. The number of carbonyl (C=O) groups is 2. The number of nitrogens with one attached hydrogen (secondary N) is 1. The van der Waals surface area contributed by atoms with Crippen LogP contribution in [0.25, 0.3) is 0 Å². The van der Waals surface area contributed by atoms with Gasteiger partial charge in [-0.2, -0.15) is 0 Å². The molecule has 0 radical (unpaired) electrons. The molecule has 0 saturated heterocycles. The molecular formula is C25H28N4O4. The Morgan fingerprint density at radius 3 is 2.64 bits per heavy atom. The highest BCUT2D eigenvalue weighted by molar-refractivity contribution is 5.98. The minimum absolute atomic E-state index is 0.0667. The van der Waals surface area contributed by atoms with Gasteiger partial charge in [0.1, 0.15) is 24.2 Å². The Balaban J connectivity index is 1.47. The van der Waals surface area contributed by atoms with Crippen molar-refractivity contribution in [3.05, 3.63) is 77.4 Å². The van der Waals surface area contributed by atoms with E-state index in [1.165, 1.54) is 7.11 Å². The van der Waals surface area contributed by atoms with Crippen LogP contribution in [0, 0.1) is 0 Å². The molecule has 4 rings (SSSR count). The average Bonchev–Trinajstić information content (AvgIpc) is 3.09. The van der Waals surface area contributed by atoms with Crippen molar-refractivity contribution in [3.63, 3.8) is 0 Å². The first kappa shape index (κ1) is 22.5. The number of aromatic nitrogens is 2. The molecule has 1 N–H and O–H groups in total. The summed E-state index contributed by atoms with van der Waals surface area (Å²) in [6, 6.07) is 17.0. The fourth-order valence-electron chi connectivity index (χ4n) is 4.03. The summed E-state index contributed by atoms with van der Waals surface area (Å²) in [6.07, 6.45) is 1.11. The number of nitrogens with zero attached hydrogens (tertiary/aromatic N) is 3. The van der Waals surface area contributed by atoms with Crippen LogP contribution in [-0.4, -0.2) is 54.8 Å². The molecular weight excluding hydrogens is 420 g/mol. The number of fused-ring (bicyclic) bond motifs is 1. The summed E-state index contributed by atoms with van der Waals surface area (Å²) in [7, 11) is 5.00. The van der Waals surface area contributed by atoms with Crippen LogP contribution < -0.4 is 15.0 Å². The molecule has 1 aliphatic heterocycles. The van der Waals surface area contributed by atoms with Gasteiger partial charge >= 0.3 is 5.97 Å². The Bertz CT molecular complexity index is 1140. The third-order valence-electron chi connectivity index (χ3n) is 5.90. The van der Waals surface area contributed by atoms with Crippen LogP contribution >= 0.6 is 0 Å². The highest BCUT2D eigenvalue weighted by Crippen LogP contribution is 2.29. The molecule has 0 fully saturated rings. The Labute approximate surface area is 193 Å². The summed E-state index contributed by atoms with van der Waals surface area (Å²) in [4.78, 5) is 31.5. The number of para-hydroxylation sites is 2. The molecule has 0 aliphatic carbocycles. The SMILES string of the molecule is COC(=O)c1nc(Cc2ccccc2)n(C)c1CCN[C@H]1COc2ccccc2N(C)C1=O. The zero-order valence-corrected chi connectivity index (χ0v) is 19.1. The van der Waals surface area contributed by atoms with Gasteiger partial charge in [-0.05, 0) is 17.7 Å². The van der Waals surface area contributed by atoms with Gasteiger partial charge in [-0.25, -0.2) is 9.78 Å². The Morgan fingerprint density at radius 2 is 1.88 bits per heavy atom. The molecule has 0 bridgehead atoms. The highest BCUT2D eigenvalue weighted by Gasteiger charge is 2.29. The van der Waals surface area contributed by atoms with Crippen LogP contribution in [0.2, 0.25) is 0 Å². The van der Waals surface area contributed by atoms with Crippen LogP contribution in [0.3, 0.4) is 0 Å². The van der Waals surface area contributed by atoms with Crippen molar-refractivity contribution >= 4 is 17.6 Å². The van der Waals surface area contributed by atoms with E-state index in [0.29, 0.717) is 30.8 Å². The monoisotopic (exact) mass is 448 g/mol. The van der Waals surface area contributed by atoms with Crippen molar-refractivity contribution < 1.29 is 19.1 Å². The Kier molecular flexibility index (Phi) is 6.74. The molecule has 2 heterocycles. The van der Waals surface area contributed by atoms with E-state index in [2.05, 4.69) is 10.3 Å². The van der Waals surface area contributed by atoms with Crippen molar-refractivity contribution in [2.75, 3.05) is 32.2 Å². The molecule has 1 aliphatic rings. The number of anilines is 1. The summed E-state index contributed by atoms with van der Waals surface area (Å²) >= 11 is 0. The molecule has 8 nitrogen and oxygen atoms in total. The number of carbonyl (C=O) groups excluding carboxylic acids is 2. The summed E-state index contributed by atoms with van der Waals surface area (Å²) in [6.45, 7) is 0.701. The number of likely N-dealkylation sites (N-methyl/N-ethyl adjacent to an activating group) is 1. The van der Waals surface area contributed by atoms with Crippen molar-refractivity contribution in [1.29, 1.82) is 0 Å². The van der Waals surface area contributed by atoms with Crippen LogP contribution in [0.1, 0.15) is 27.6 Å². The Hall–Kier alpha value is -3.65. The van der Waals surface area contributed by atoms with Crippen molar-refractivity contribution in [1.82, 2.24) is 14.9 Å². The van der Waals surface area contributed by atoms with Gasteiger partial charge in [0.25, 0.3) is 0 Å². The van der Waals surface area contributed by atoms with Crippen molar-refractivity contribution in [3.8, 4) is 5.75 Å². The first-order valence-corrected chi connectivity index (χ1v) is 10.9. The average molecular weight is 449 g/mol. The first-order chi connectivity index (χ1) is 16.0. The second-order valence-electron chi connectivity index (χ2n) is 7.97. The maximum Gasteiger partial charge on any atom is 0.358 e. The highest BCUT2D eigenvalue weighted by atomic mass is 16.5. The lowest BCUT2D eigenvalue weighted by atomic mass is 10.1. The van der Waals surface area contributed by atoms with Crippen molar-refractivity contribution in [2.24, 2.45) is 7.05 Å². The van der Waals surface area contributed by atoms with Crippen molar-refractivity contribution in [2.45, 2.75) is 18.9 Å². The number of benzene rings is 2. The second-order valence-corrected chi connectivity index (χ2v) is 7.97. The van der Waals surface area contributed by atoms with E-state index < -0.39 is 12.0 Å². The normalized spacial score (nSPS) is 15.5. The van der Waals surface area contributed by atoms with Gasteiger partial charge in [-0.3, -0.25) is 4.79 Å². The van der Waals surface area contributed by atoms with E-state index in [1.54, 1.807) is 11.9 Å². The molecule has 0 saturated carbocycles.